The number of ether oxygens (including phenoxy) is 2. The van der Waals surface area contributed by atoms with Crippen LogP contribution in [0, 0.1) is 0 Å². The highest BCUT2D eigenvalue weighted by molar-refractivity contribution is 5.88. The van der Waals surface area contributed by atoms with Crippen LogP contribution in [0.2, 0.25) is 0 Å². The summed E-state index contributed by atoms with van der Waals surface area (Å²) in [7, 11) is 1.27. The summed E-state index contributed by atoms with van der Waals surface area (Å²) in [5.74, 6) is -0.0621. The van der Waals surface area contributed by atoms with Crippen LogP contribution in [0.1, 0.15) is 17.5 Å². The Morgan fingerprint density at radius 1 is 1.20 bits per heavy atom. The second kappa shape index (κ2) is 5.92. The summed E-state index contributed by atoms with van der Waals surface area (Å²) in [4.78, 5) is 22.2. The molecule has 0 aliphatic carbocycles. The van der Waals surface area contributed by atoms with Crippen LogP contribution in [0.25, 0.3) is 0 Å². The molecule has 1 N–H and O–H groups in total. The van der Waals surface area contributed by atoms with Gasteiger partial charge in [0.2, 0.25) is 11.7 Å². The molecule has 0 aliphatic heterocycles. The third-order valence-electron chi connectivity index (χ3n) is 2.34. The lowest BCUT2D eigenvalue weighted by Crippen LogP contribution is -2.05. The average molecular weight is 275 g/mol. The van der Waals surface area contributed by atoms with Gasteiger partial charge in [0.1, 0.15) is 5.75 Å². The minimum atomic E-state index is -0.577. The van der Waals surface area contributed by atoms with Crippen LogP contribution in [-0.4, -0.2) is 19.0 Å². The van der Waals surface area contributed by atoms with Gasteiger partial charge in [-0.15, -0.1) is 0 Å². The van der Waals surface area contributed by atoms with E-state index in [0.29, 0.717) is 11.4 Å². The molecular weight excluding hydrogens is 262 g/mol. The number of hydrogen-bond acceptors (Lipinski definition) is 5. The Kier molecular flexibility index (Phi) is 4.05. The number of benzene rings is 1. The molecule has 1 amide bonds. The van der Waals surface area contributed by atoms with Crippen molar-refractivity contribution in [3.05, 3.63) is 42.2 Å². The van der Waals surface area contributed by atoms with Crippen molar-refractivity contribution in [1.82, 2.24) is 0 Å². The van der Waals surface area contributed by atoms with Crippen molar-refractivity contribution in [1.29, 1.82) is 0 Å². The van der Waals surface area contributed by atoms with Crippen LogP contribution in [0.4, 0.5) is 5.69 Å². The molecule has 0 aliphatic rings. The molecule has 2 rings (SSSR count). The molecule has 1 heterocycles. The van der Waals surface area contributed by atoms with Gasteiger partial charge in [-0.25, -0.2) is 4.79 Å². The number of furan rings is 1. The molecule has 104 valence electrons. The zero-order valence-corrected chi connectivity index (χ0v) is 11.0. The molecule has 6 nitrogen and oxygen atoms in total. The van der Waals surface area contributed by atoms with E-state index in [1.54, 1.807) is 24.3 Å². The van der Waals surface area contributed by atoms with Crippen molar-refractivity contribution in [2.75, 3.05) is 12.4 Å². The summed E-state index contributed by atoms with van der Waals surface area (Å²) in [6.45, 7) is 1.42. The molecule has 0 saturated heterocycles. The van der Waals surface area contributed by atoms with Gasteiger partial charge in [0.15, 0.2) is 0 Å². The van der Waals surface area contributed by atoms with Gasteiger partial charge in [0, 0.05) is 24.7 Å². The van der Waals surface area contributed by atoms with Crippen molar-refractivity contribution >= 4 is 17.6 Å². The molecule has 0 spiro atoms. The Hall–Kier alpha value is -2.76. The van der Waals surface area contributed by atoms with Gasteiger partial charge >= 0.3 is 5.97 Å². The maximum atomic E-state index is 11.2. The van der Waals surface area contributed by atoms with E-state index in [2.05, 4.69) is 10.1 Å². The molecule has 0 radical (unpaired) electrons. The second-order valence-electron chi connectivity index (χ2n) is 3.92. The number of anilines is 1. The first-order valence-corrected chi connectivity index (χ1v) is 5.82. The number of hydrogen-bond donors (Lipinski definition) is 1. The lowest BCUT2D eigenvalue weighted by molar-refractivity contribution is -0.114. The molecule has 0 atom stereocenters. The van der Waals surface area contributed by atoms with Gasteiger partial charge in [-0.1, -0.05) is 6.07 Å². The van der Waals surface area contributed by atoms with E-state index in [9.17, 15) is 9.59 Å². The minimum Gasteiger partial charge on any atom is -0.463 e. The summed E-state index contributed by atoms with van der Waals surface area (Å²) >= 11 is 0. The highest BCUT2D eigenvalue weighted by Crippen LogP contribution is 2.26. The van der Waals surface area contributed by atoms with E-state index in [1.165, 1.54) is 26.2 Å². The Morgan fingerprint density at radius 3 is 2.70 bits per heavy atom. The van der Waals surface area contributed by atoms with E-state index in [1.807, 2.05) is 0 Å². The van der Waals surface area contributed by atoms with Crippen molar-refractivity contribution in [3.8, 4) is 11.7 Å². The van der Waals surface area contributed by atoms with Crippen LogP contribution in [-0.2, 0) is 9.53 Å². The highest BCUT2D eigenvalue weighted by atomic mass is 16.6. The second-order valence-corrected chi connectivity index (χ2v) is 3.92. The summed E-state index contributed by atoms with van der Waals surface area (Å²) < 4.78 is 15.2. The summed E-state index contributed by atoms with van der Waals surface area (Å²) in [5.41, 5.74) is 0.606. The van der Waals surface area contributed by atoms with Gasteiger partial charge in [0.05, 0.1) is 7.11 Å². The molecule has 0 fully saturated rings. The van der Waals surface area contributed by atoms with Gasteiger partial charge in [-0.05, 0) is 18.2 Å². The SMILES string of the molecule is COC(=O)c1ccc(Oc2cccc(NC(C)=O)c2)o1. The third kappa shape index (κ3) is 3.38. The number of amides is 1. The fourth-order valence-electron chi connectivity index (χ4n) is 1.54. The summed E-state index contributed by atoms with van der Waals surface area (Å²) in [5, 5.41) is 2.64. The topological polar surface area (TPSA) is 77.8 Å². The third-order valence-corrected chi connectivity index (χ3v) is 2.34. The minimum absolute atomic E-state index is 0.0560. The maximum absolute atomic E-state index is 11.2. The Morgan fingerprint density at radius 2 is 2.00 bits per heavy atom. The van der Waals surface area contributed by atoms with Crippen molar-refractivity contribution in [3.63, 3.8) is 0 Å². The van der Waals surface area contributed by atoms with Crippen LogP contribution in [0.15, 0.2) is 40.8 Å². The molecule has 20 heavy (non-hydrogen) atoms. The fraction of sp³-hybridized carbons (Fsp3) is 0.143. The molecule has 0 saturated carbocycles. The number of carbonyl (C=O) groups excluding carboxylic acids is 2. The molecule has 2 aromatic rings. The predicted octanol–water partition coefficient (Wildman–Crippen LogP) is 2.82. The first-order valence-electron chi connectivity index (χ1n) is 5.82. The smallest absolute Gasteiger partial charge is 0.374 e. The fourth-order valence-corrected chi connectivity index (χ4v) is 1.54. The molecule has 0 bridgehead atoms. The monoisotopic (exact) mass is 275 g/mol. The highest BCUT2D eigenvalue weighted by Gasteiger charge is 2.12. The normalized spacial score (nSPS) is 9.90. The predicted molar refractivity (Wildman–Crippen MR) is 70.9 cm³/mol. The van der Waals surface area contributed by atoms with E-state index in [4.69, 9.17) is 9.15 Å². The standard InChI is InChI=1S/C14H13NO5/c1-9(16)15-10-4-3-5-11(8-10)19-13-7-6-12(20-13)14(17)18-2/h3-8H,1-2H3,(H,15,16). The van der Waals surface area contributed by atoms with E-state index < -0.39 is 5.97 Å². The number of esters is 1. The van der Waals surface area contributed by atoms with Crippen LogP contribution in [0.5, 0.6) is 11.7 Å². The molecule has 1 aromatic heterocycles. The van der Waals surface area contributed by atoms with Crippen LogP contribution < -0.4 is 10.1 Å². The van der Waals surface area contributed by atoms with Crippen LogP contribution in [0.3, 0.4) is 0 Å². The van der Waals surface area contributed by atoms with Gasteiger partial charge in [-0.3, -0.25) is 4.79 Å². The average Bonchev–Trinajstić information content (AvgIpc) is 2.86. The maximum Gasteiger partial charge on any atom is 0.374 e. The lowest BCUT2D eigenvalue weighted by Gasteiger charge is -2.05. The zero-order valence-electron chi connectivity index (χ0n) is 11.0. The summed E-state index contributed by atoms with van der Waals surface area (Å²) in [6, 6.07) is 9.77. The van der Waals surface area contributed by atoms with E-state index >= 15 is 0 Å². The van der Waals surface area contributed by atoms with Crippen molar-refractivity contribution < 1.29 is 23.5 Å². The Labute approximate surface area is 115 Å². The quantitative estimate of drug-likeness (QED) is 0.868. The first-order chi connectivity index (χ1) is 9.58. The van der Waals surface area contributed by atoms with Crippen molar-refractivity contribution in [2.45, 2.75) is 6.92 Å². The Balaban J connectivity index is 2.11. The molecule has 6 heteroatoms. The Bertz CT molecular complexity index is 632. The lowest BCUT2D eigenvalue weighted by atomic mass is 10.3. The largest absolute Gasteiger partial charge is 0.463 e. The number of nitrogens with one attached hydrogen (secondary N) is 1. The van der Waals surface area contributed by atoms with E-state index in [0.717, 1.165) is 0 Å². The van der Waals surface area contributed by atoms with Gasteiger partial charge in [-0.2, -0.15) is 0 Å². The van der Waals surface area contributed by atoms with Crippen LogP contribution >= 0.6 is 0 Å². The van der Waals surface area contributed by atoms with Gasteiger partial charge < -0.3 is 19.2 Å². The molecule has 0 unspecified atom stereocenters. The number of carbonyl (C=O) groups is 2. The summed E-state index contributed by atoms with van der Waals surface area (Å²) in [6.07, 6.45) is 0. The molecular formula is C14H13NO5. The number of methoxy groups -OCH3 is 1. The molecule has 1 aromatic carbocycles. The van der Waals surface area contributed by atoms with E-state index in [-0.39, 0.29) is 17.6 Å². The van der Waals surface area contributed by atoms with Gasteiger partial charge in [0.25, 0.3) is 5.95 Å². The first kappa shape index (κ1) is 13.7. The number of rotatable bonds is 4. The van der Waals surface area contributed by atoms with Crippen molar-refractivity contribution in [2.24, 2.45) is 0 Å². The zero-order chi connectivity index (χ0) is 14.5.